The molecule has 3 heteroatoms. The van der Waals surface area contributed by atoms with Gasteiger partial charge in [0.05, 0.1) is 0 Å². The van der Waals surface area contributed by atoms with Crippen molar-refractivity contribution in [3.05, 3.63) is 36.6 Å². The molecule has 12 heavy (non-hydrogen) atoms. The van der Waals surface area contributed by atoms with Gasteiger partial charge in [-0.1, -0.05) is 25.7 Å². The number of rotatable bonds is 5. The SMILES string of the molecule is C=C/C=C\C(=C/CC)OC(F)F. The van der Waals surface area contributed by atoms with Crippen LogP contribution >= 0.6 is 0 Å². The summed E-state index contributed by atoms with van der Waals surface area (Å²) in [6, 6.07) is 0. The Kier molecular flexibility index (Phi) is 5.97. The van der Waals surface area contributed by atoms with Gasteiger partial charge < -0.3 is 4.74 Å². The molecule has 0 aliphatic carbocycles. The first-order chi connectivity index (χ1) is 5.70. The molecule has 0 aromatic rings. The van der Waals surface area contributed by atoms with E-state index >= 15 is 0 Å². The first-order valence-electron chi connectivity index (χ1n) is 3.64. The lowest BCUT2D eigenvalue weighted by molar-refractivity contribution is -0.0922. The minimum Gasteiger partial charge on any atom is -0.435 e. The summed E-state index contributed by atoms with van der Waals surface area (Å²) in [5.41, 5.74) is 0. The highest BCUT2D eigenvalue weighted by atomic mass is 19.3. The van der Waals surface area contributed by atoms with Crippen molar-refractivity contribution < 1.29 is 13.5 Å². The van der Waals surface area contributed by atoms with Crippen LogP contribution in [0, 0.1) is 0 Å². The quantitative estimate of drug-likeness (QED) is 0.459. The van der Waals surface area contributed by atoms with Crippen molar-refractivity contribution in [3.8, 4) is 0 Å². The van der Waals surface area contributed by atoms with E-state index in [2.05, 4.69) is 11.3 Å². The fraction of sp³-hybridized carbons (Fsp3) is 0.333. The Morgan fingerprint density at radius 2 is 2.25 bits per heavy atom. The molecule has 0 atom stereocenters. The number of hydrogen-bond donors (Lipinski definition) is 0. The highest BCUT2D eigenvalue weighted by molar-refractivity contribution is 5.15. The van der Waals surface area contributed by atoms with Crippen LogP contribution in [-0.4, -0.2) is 6.61 Å². The Labute approximate surface area is 71.0 Å². The lowest BCUT2D eigenvalue weighted by Gasteiger charge is -2.03. The van der Waals surface area contributed by atoms with E-state index in [1.165, 1.54) is 12.2 Å². The van der Waals surface area contributed by atoms with Gasteiger partial charge in [0.15, 0.2) is 0 Å². The average Bonchev–Trinajstić information content (AvgIpc) is 2.00. The molecule has 1 nitrogen and oxygen atoms in total. The summed E-state index contributed by atoms with van der Waals surface area (Å²) in [6.45, 7) is 2.49. The third-order valence-corrected chi connectivity index (χ3v) is 1.03. The van der Waals surface area contributed by atoms with Gasteiger partial charge in [-0.25, -0.2) is 0 Å². The molecule has 0 heterocycles. The Morgan fingerprint density at radius 1 is 1.58 bits per heavy atom. The van der Waals surface area contributed by atoms with Gasteiger partial charge in [0, 0.05) is 0 Å². The second kappa shape index (κ2) is 6.58. The van der Waals surface area contributed by atoms with Crippen molar-refractivity contribution in [2.45, 2.75) is 20.0 Å². The van der Waals surface area contributed by atoms with Gasteiger partial charge in [-0.2, -0.15) is 8.78 Å². The second-order valence-electron chi connectivity index (χ2n) is 1.99. The fourth-order valence-corrected chi connectivity index (χ4v) is 0.622. The number of halogens is 2. The van der Waals surface area contributed by atoms with E-state index in [0.29, 0.717) is 6.42 Å². The molecule has 0 aliphatic heterocycles. The van der Waals surface area contributed by atoms with Gasteiger partial charge in [-0.15, -0.1) is 0 Å². The van der Waals surface area contributed by atoms with Crippen molar-refractivity contribution in [2.24, 2.45) is 0 Å². The Bertz CT molecular complexity index is 183. The minimum absolute atomic E-state index is 0.174. The first-order valence-corrected chi connectivity index (χ1v) is 3.64. The van der Waals surface area contributed by atoms with Gasteiger partial charge >= 0.3 is 6.61 Å². The molecular formula is C9H12F2O. The maximum Gasteiger partial charge on any atom is 0.387 e. The van der Waals surface area contributed by atoms with Gasteiger partial charge in [0.25, 0.3) is 0 Å². The Hall–Kier alpha value is -1.12. The smallest absolute Gasteiger partial charge is 0.387 e. The van der Waals surface area contributed by atoms with Crippen LogP contribution in [0.3, 0.4) is 0 Å². The number of hydrogen-bond acceptors (Lipinski definition) is 1. The van der Waals surface area contributed by atoms with Crippen LogP contribution < -0.4 is 0 Å². The van der Waals surface area contributed by atoms with Gasteiger partial charge in [-0.3, -0.25) is 0 Å². The van der Waals surface area contributed by atoms with Crippen molar-refractivity contribution in [2.75, 3.05) is 0 Å². The van der Waals surface area contributed by atoms with Crippen LogP contribution in [0.2, 0.25) is 0 Å². The van der Waals surface area contributed by atoms with Crippen LogP contribution in [0.1, 0.15) is 13.3 Å². The van der Waals surface area contributed by atoms with E-state index in [9.17, 15) is 8.78 Å². The van der Waals surface area contributed by atoms with E-state index in [4.69, 9.17) is 0 Å². The zero-order valence-corrected chi connectivity index (χ0v) is 6.97. The van der Waals surface area contributed by atoms with Crippen LogP contribution in [0.25, 0.3) is 0 Å². The monoisotopic (exact) mass is 174 g/mol. The van der Waals surface area contributed by atoms with Crippen molar-refractivity contribution in [3.63, 3.8) is 0 Å². The zero-order valence-electron chi connectivity index (χ0n) is 6.97. The standard InChI is InChI=1S/C9H12F2O/c1-3-5-7-8(6-4-2)12-9(10)11/h3,5-7,9H,1,4H2,2H3/b7-5-,8-6+. The lowest BCUT2D eigenvalue weighted by atomic mass is 10.3. The number of alkyl halides is 2. The fourth-order valence-electron chi connectivity index (χ4n) is 0.622. The van der Waals surface area contributed by atoms with Crippen molar-refractivity contribution in [1.82, 2.24) is 0 Å². The minimum atomic E-state index is -2.77. The van der Waals surface area contributed by atoms with Crippen LogP contribution in [-0.2, 0) is 4.74 Å². The third kappa shape index (κ3) is 5.65. The highest BCUT2D eigenvalue weighted by Crippen LogP contribution is 2.07. The molecule has 0 bridgehead atoms. The molecule has 68 valence electrons. The van der Waals surface area contributed by atoms with Gasteiger partial charge in [0.2, 0.25) is 0 Å². The molecule has 0 fully saturated rings. The summed E-state index contributed by atoms with van der Waals surface area (Å²) in [6.07, 6.45) is 6.72. The van der Waals surface area contributed by atoms with Crippen LogP contribution in [0.15, 0.2) is 36.6 Å². The molecule has 0 N–H and O–H groups in total. The number of ether oxygens (including phenoxy) is 1. The van der Waals surface area contributed by atoms with E-state index in [1.54, 1.807) is 12.2 Å². The van der Waals surface area contributed by atoms with Crippen LogP contribution in [0.4, 0.5) is 8.78 Å². The summed E-state index contributed by atoms with van der Waals surface area (Å²) >= 11 is 0. The molecule has 0 amide bonds. The Balaban J connectivity index is 4.13. The number of allylic oxidation sites excluding steroid dienone is 4. The summed E-state index contributed by atoms with van der Waals surface area (Å²) in [5.74, 6) is 0.174. The van der Waals surface area contributed by atoms with E-state index in [-0.39, 0.29) is 5.76 Å². The predicted molar refractivity (Wildman–Crippen MR) is 44.8 cm³/mol. The molecule has 0 saturated carbocycles. The molecular weight excluding hydrogens is 162 g/mol. The van der Waals surface area contributed by atoms with E-state index in [1.807, 2.05) is 6.92 Å². The largest absolute Gasteiger partial charge is 0.435 e. The van der Waals surface area contributed by atoms with Crippen molar-refractivity contribution >= 4 is 0 Å². The van der Waals surface area contributed by atoms with E-state index < -0.39 is 6.61 Å². The summed E-state index contributed by atoms with van der Waals surface area (Å²) in [4.78, 5) is 0. The zero-order chi connectivity index (χ0) is 9.40. The predicted octanol–water partition coefficient (Wildman–Crippen LogP) is 3.26. The van der Waals surface area contributed by atoms with Crippen molar-refractivity contribution in [1.29, 1.82) is 0 Å². The molecule has 0 aliphatic rings. The molecule has 0 unspecified atom stereocenters. The topological polar surface area (TPSA) is 9.23 Å². The molecule has 0 spiro atoms. The summed E-state index contributed by atoms with van der Waals surface area (Å²) in [7, 11) is 0. The third-order valence-electron chi connectivity index (χ3n) is 1.03. The molecule has 0 aromatic heterocycles. The molecule has 0 radical (unpaired) electrons. The molecule has 0 rings (SSSR count). The van der Waals surface area contributed by atoms with Crippen LogP contribution in [0.5, 0.6) is 0 Å². The van der Waals surface area contributed by atoms with Gasteiger partial charge in [0.1, 0.15) is 5.76 Å². The maximum atomic E-state index is 11.7. The first kappa shape index (κ1) is 10.9. The normalized spacial score (nSPS) is 12.5. The lowest BCUT2D eigenvalue weighted by Crippen LogP contribution is -1.96. The summed E-state index contributed by atoms with van der Waals surface area (Å²) < 4.78 is 27.6. The highest BCUT2D eigenvalue weighted by Gasteiger charge is 2.02. The molecule has 0 saturated heterocycles. The summed E-state index contributed by atoms with van der Waals surface area (Å²) in [5, 5.41) is 0. The average molecular weight is 174 g/mol. The molecule has 0 aromatic carbocycles. The van der Waals surface area contributed by atoms with E-state index in [0.717, 1.165) is 0 Å². The maximum absolute atomic E-state index is 11.7. The Morgan fingerprint density at radius 3 is 2.67 bits per heavy atom. The van der Waals surface area contributed by atoms with Gasteiger partial charge in [-0.05, 0) is 18.6 Å². The second-order valence-corrected chi connectivity index (χ2v) is 1.99.